The number of ether oxygens (including phenoxy) is 2. The molecular weight excluding hydrogens is 344 g/mol. The number of carbonyl (C=O) groups excluding carboxylic acids is 3. The highest BCUT2D eigenvalue weighted by atomic mass is 32.1. The molecule has 2 aromatic rings. The third kappa shape index (κ3) is 4.16. The Balaban J connectivity index is 1.45. The molecule has 2 heterocycles. The van der Waals surface area contributed by atoms with Crippen LogP contribution in [0.2, 0.25) is 0 Å². The van der Waals surface area contributed by atoms with Crippen molar-refractivity contribution >= 4 is 28.9 Å². The number of aryl methyl sites for hydroxylation is 1. The minimum atomic E-state index is -0.480. The molecule has 3 rings (SSSR count). The Labute approximate surface area is 147 Å². The highest BCUT2D eigenvalue weighted by molar-refractivity contribution is 7.14. The Hall–Kier alpha value is -2.87. The Morgan fingerprint density at radius 1 is 1.04 bits per heavy atom. The predicted molar refractivity (Wildman–Crippen MR) is 90.8 cm³/mol. The van der Waals surface area contributed by atoms with Crippen molar-refractivity contribution in [2.45, 2.75) is 19.8 Å². The van der Waals surface area contributed by atoms with Gasteiger partial charge in [0, 0.05) is 23.3 Å². The molecule has 25 heavy (non-hydrogen) atoms. The largest absolute Gasteiger partial charge is 0.454 e. The number of nitrogens with one attached hydrogen (secondary N) is 2. The molecule has 0 saturated carbocycles. The van der Waals surface area contributed by atoms with Crippen LogP contribution in [0, 0.1) is 6.92 Å². The molecule has 0 atom stereocenters. The van der Waals surface area contributed by atoms with Gasteiger partial charge in [-0.15, -0.1) is 11.3 Å². The second-order valence-electron chi connectivity index (χ2n) is 5.40. The Kier molecular flexibility index (Phi) is 4.99. The van der Waals surface area contributed by atoms with E-state index in [9.17, 15) is 14.4 Å². The molecular formula is C17H16N2O5S. The van der Waals surface area contributed by atoms with Gasteiger partial charge in [0.25, 0.3) is 5.91 Å². The zero-order valence-corrected chi connectivity index (χ0v) is 14.3. The summed E-state index contributed by atoms with van der Waals surface area (Å²) < 4.78 is 10.4. The van der Waals surface area contributed by atoms with Gasteiger partial charge in [-0.2, -0.15) is 0 Å². The highest BCUT2D eigenvalue weighted by Crippen LogP contribution is 2.32. The molecule has 1 aliphatic rings. The maximum atomic E-state index is 12.0. The van der Waals surface area contributed by atoms with Crippen molar-refractivity contribution in [2.75, 3.05) is 6.79 Å². The Morgan fingerprint density at radius 2 is 1.84 bits per heavy atom. The van der Waals surface area contributed by atoms with Crippen LogP contribution >= 0.6 is 11.3 Å². The van der Waals surface area contributed by atoms with Crippen LogP contribution in [0.15, 0.2) is 30.3 Å². The lowest BCUT2D eigenvalue weighted by atomic mass is 10.2. The Morgan fingerprint density at radius 3 is 2.60 bits per heavy atom. The van der Waals surface area contributed by atoms with E-state index in [1.54, 1.807) is 18.2 Å². The van der Waals surface area contributed by atoms with E-state index in [0.717, 1.165) is 4.88 Å². The number of hydrazine groups is 1. The van der Waals surface area contributed by atoms with Crippen LogP contribution in [0.1, 0.15) is 37.7 Å². The summed E-state index contributed by atoms with van der Waals surface area (Å²) in [6, 6.07) is 8.34. The van der Waals surface area contributed by atoms with E-state index in [4.69, 9.17) is 9.47 Å². The quantitative estimate of drug-likeness (QED) is 0.630. The fourth-order valence-electron chi connectivity index (χ4n) is 2.23. The fraction of sp³-hybridized carbons (Fsp3) is 0.235. The van der Waals surface area contributed by atoms with Crippen molar-refractivity contribution in [3.63, 3.8) is 0 Å². The average molecular weight is 360 g/mol. The standard InChI is InChI=1S/C17H16N2O5S/c1-10-2-6-15(25-10)12(20)4-7-16(21)18-19-17(22)11-3-5-13-14(8-11)24-9-23-13/h2-3,5-6,8H,4,7,9H2,1H3,(H,18,21)(H,19,22). The van der Waals surface area contributed by atoms with Crippen molar-refractivity contribution in [3.05, 3.63) is 45.6 Å². The van der Waals surface area contributed by atoms with E-state index >= 15 is 0 Å². The number of Topliss-reactive ketones (excluding diaryl/α,β-unsaturated/α-hetero) is 1. The summed E-state index contributed by atoms with van der Waals surface area (Å²) in [6.45, 7) is 2.04. The van der Waals surface area contributed by atoms with Gasteiger partial charge in [-0.3, -0.25) is 25.2 Å². The molecule has 1 aromatic heterocycles. The van der Waals surface area contributed by atoms with Gasteiger partial charge >= 0.3 is 0 Å². The highest BCUT2D eigenvalue weighted by Gasteiger charge is 2.17. The molecule has 1 aliphatic heterocycles. The van der Waals surface area contributed by atoms with Gasteiger partial charge in [0.15, 0.2) is 17.3 Å². The monoisotopic (exact) mass is 360 g/mol. The molecule has 7 nitrogen and oxygen atoms in total. The van der Waals surface area contributed by atoms with Crippen molar-refractivity contribution in [3.8, 4) is 11.5 Å². The van der Waals surface area contributed by atoms with Crippen molar-refractivity contribution in [1.29, 1.82) is 0 Å². The molecule has 8 heteroatoms. The van der Waals surface area contributed by atoms with Gasteiger partial charge in [0.2, 0.25) is 12.7 Å². The smallest absolute Gasteiger partial charge is 0.269 e. The van der Waals surface area contributed by atoms with Gasteiger partial charge < -0.3 is 9.47 Å². The SMILES string of the molecule is Cc1ccc(C(=O)CCC(=O)NNC(=O)c2ccc3c(c2)OCO3)s1. The van der Waals surface area contributed by atoms with Crippen LogP contribution in [-0.2, 0) is 4.79 Å². The van der Waals surface area contributed by atoms with E-state index in [1.165, 1.54) is 17.4 Å². The maximum absolute atomic E-state index is 12.0. The molecule has 2 N–H and O–H groups in total. The summed E-state index contributed by atoms with van der Waals surface area (Å²) in [5, 5.41) is 0. The lowest BCUT2D eigenvalue weighted by Gasteiger charge is -2.07. The van der Waals surface area contributed by atoms with Crippen LogP contribution in [0.5, 0.6) is 11.5 Å². The topological polar surface area (TPSA) is 93.7 Å². The number of hydrogen-bond donors (Lipinski definition) is 2. The zero-order chi connectivity index (χ0) is 17.8. The van der Waals surface area contributed by atoms with Crippen LogP contribution < -0.4 is 20.3 Å². The predicted octanol–water partition coefficient (Wildman–Crippen LogP) is 2.21. The van der Waals surface area contributed by atoms with E-state index in [2.05, 4.69) is 10.9 Å². The number of rotatable bonds is 5. The molecule has 2 amide bonds. The first-order chi connectivity index (χ1) is 12.0. The normalized spacial score (nSPS) is 11.9. The van der Waals surface area contributed by atoms with Crippen LogP contribution in [0.4, 0.5) is 0 Å². The number of ketones is 1. The first-order valence-corrected chi connectivity index (χ1v) is 8.43. The van der Waals surface area contributed by atoms with Crippen LogP contribution in [0.25, 0.3) is 0 Å². The Bertz CT molecular complexity index is 830. The number of thiophene rings is 1. The number of hydrogen-bond acceptors (Lipinski definition) is 6. The molecule has 0 bridgehead atoms. The minimum absolute atomic E-state index is 0.00278. The van der Waals surface area contributed by atoms with Gasteiger partial charge in [0.1, 0.15) is 0 Å². The second kappa shape index (κ2) is 7.35. The summed E-state index contributed by atoms with van der Waals surface area (Å²) in [5.41, 5.74) is 4.94. The van der Waals surface area contributed by atoms with E-state index in [1.807, 2.05) is 13.0 Å². The maximum Gasteiger partial charge on any atom is 0.269 e. The van der Waals surface area contributed by atoms with E-state index < -0.39 is 11.8 Å². The lowest BCUT2D eigenvalue weighted by molar-refractivity contribution is -0.121. The van der Waals surface area contributed by atoms with Crippen LogP contribution in [0.3, 0.4) is 0 Å². The summed E-state index contributed by atoms with van der Waals surface area (Å²) >= 11 is 1.40. The lowest BCUT2D eigenvalue weighted by Crippen LogP contribution is -2.41. The molecule has 0 aliphatic carbocycles. The van der Waals surface area contributed by atoms with Gasteiger partial charge in [0.05, 0.1) is 4.88 Å². The minimum Gasteiger partial charge on any atom is -0.454 e. The van der Waals surface area contributed by atoms with Gasteiger partial charge in [-0.25, -0.2) is 0 Å². The summed E-state index contributed by atoms with van der Waals surface area (Å²) in [4.78, 5) is 37.4. The van der Waals surface area contributed by atoms with Crippen molar-refractivity contribution in [2.24, 2.45) is 0 Å². The van der Waals surface area contributed by atoms with Gasteiger partial charge in [-0.05, 0) is 37.3 Å². The fourth-order valence-corrected chi connectivity index (χ4v) is 3.07. The molecule has 130 valence electrons. The molecule has 0 saturated heterocycles. The molecule has 1 aromatic carbocycles. The number of fused-ring (bicyclic) bond motifs is 1. The number of amides is 2. The first kappa shape index (κ1) is 17.0. The molecule has 0 fully saturated rings. The molecule has 0 unspecified atom stereocenters. The average Bonchev–Trinajstić information content (AvgIpc) is 3.25. The molecule has 0 radical (unpaired) electrons. The summed E-state index contributed by atoms with van der Waals surface area (Å²) in [5.74, 6) is 0.0525. The van der Waals surface area contributed by atoms with Crippen molar-refractivity contribution < 1.29 is 23.9 Å². The third-order valence-corrected chi connectivity index (χ3v) is 4.59. The van der Waals surface area contributed by atoms with Gasteiger partial charge in [-0.1, -0.05) is 0 Å². The molecule has 0 spiro atoms. The second-order valence-corrected chi connectivity index (χ2v) is 6.69. The zero-order valence-electron chi connectivity index (χ0n) is 13.5. The van der Waals surface area contributed by atoms with E-state index in [-0.39, 0.29) is 25.4 Å². The first-order valence-electron chi connectivity index (χ1n) is 7.61. The van der Waals surface area contributed by atoms with Crippen molar-refractivity contribution in [1.82, 2.24) is 10.9 Å². The number of benzene rings is 1. The summed E-state index contributed by atoms with van der Waals surface area (Å²) in [7, 11) is 0. The van der Waals surface area contributed by atoms with E-state index in [0.29, 0.717) is 21.9 Å². The number of carbonyl (C=O) groups is 3. The summed E-state index contributed by atoms with van der Waals surface area (Å²) in [6.07, 6.45) is 0.0862. The third-order valence-electron chi connectivity index (χ3n) is 3.54. The van der Waals surface area contributed by atoms with Crippen LogP contribution in [-0.4, -0.2) is 24.4 Å².